The van der Waals surface area contributed by atoms with Gasteiger partial charge in [0.05, 0.1) is 6.33 Å². The summed E-state index contributed by atoms with van der Waals surface area (Å²) < 4.78 is 7.18. The van der Waals surface area contributed by atoms with E-state index in [-0.39, 0.29) is 0 Å². The Balaban J connectivity index is 1.70. The zero-order chi connectivity index (χ0) is 13.1. The van der Waals surface area contributed by atoms with Gasteiger partial charge in [-0.25, -0.2) is 4.98 Å². The van der Waals surface area contributed by atoms with E-state index in [1.807, 2.05) is 22.9 Å². The molecule has 0 N–H and O–H groups in total. The normalized spacial score (nSPS) is 10.8. The molecule has 5 nitrogen and oxygen atoms in total. The fraction of sp³-hybridized carbons (Fsp3) is 0.154. The highest BCUT2D eigenvalue weighted by Gasteiger charge is 2.08. The minimum absolute atomic E-state index is 0.581. The monoisotopic (exact) mass is 274 g/mol. The van der Waals surface area contributed by atoms with Gasteiger partial charge in [0.2, 0.25) is 11.7 Å². The summed E-state index contributed by atoms with van der Waals surface area (Å²) in [6.07, 6.45) is 6.08. The largest absolute Gasteiger partial charge is 0.339 e. The van der Waals surface area contributed by atoms with E-state index in [0.29, 0.717) is 23.2 Å². The van der Waals surface area contributed by atoms with Crippen LogP contribution in [0.4, 0.5) is 0 Å². The number of halogens is 1. The van der Waals surface area contributed by atoms with Gasteiger partial charge >= 0.3 is 0 Å². The highest BCUT2D eigenvalue weighted by atomic mass is 35.5. The molecule has 2 aromatic heterocycles. The number of aryl methyl sites for hydroxylation is 2. The first-order chi connectivity index (χ1) is 9.31. The first kappa shape index (κ1) is 11.9. The summed E-state index contributed by atoms with van der Waals surface area (Å²) in [7, 11) is 0. The lowest BCUT2D eigenvalue weighted by atomic mass is 10.2. The van der Waals surface area contributed by atoms with E-state index in [9.17, 15) is 0 Å². The molecular weight excluding hydrogens is 264 g/mol. The molecule has 0 fully saturated rings. The van der Waals surface area contributed by atoms with E-state index in [4.69, 9.17) is 16.1 Å². The van der Waals surface area contributed by atoms with E-state index in [1.165, 1.54) is 0 Å². The molecule has 0 amide bonds. The molecule has 0 aliphatic rings. The number of aromatic nitrogens is 4. The Labute approximate surface area is 114 Å². The first-order valence-electron chi connectivity index (χ1n) is 5.85. The second-order valence-corrected chi connectivity index (χ2v) is 4.51. The van der Waals surface area contributed by atoms with Gasteiger partial charge in [0, 0.05) is 35.9 Å². The van der Waals surface area contributed by atoms with Gasteiger partial charge in [-0.3, -0.25) is 0 Å². The Morgan fingerprint density at radius 1 is 1.21 bits per heavy atom. The van der Waals surface area contributed by atoms with E-state index in [0.717, 1.165) is 12.1 Å². The average Bonchev–Trinajstić information content (AvgIpc) is 3.09. The van der Waals surface area contributed by atoms with Crippen molar-refractivity contribution in [1.29, 1.82) is 0 Å². The summed E-state index contributed by atoms with van der Waals surface area (Å²) in [6, 6.07) is 7.34. The van der Waals surface area contributed by atoms with E-state index < -0.39 is 0 Å². The summed E-state index contributed by atoms with van der Waals surface area (Å²) in [4.78, 5) is 8.33. The van der Waals surface area contributed by atoms with E-state index >= 15 is 0 Å². The van der Waals surface area contributed by atoms with Crippen LogP contribution >= 0.6 is 11.6 Å². The van der Waals surface area contributed by atoms with Crippen LogP contribution in [0.15, 0.2) is 47.5 Å². The Morgan fingerprint density at radius 2 is 2.05 bits per heavy atom. The van der Waals surface area contributed by atoms with Crippen LogP contribution in [0.2, 0.25) is 5.02 Å². The van der Waals surface area contributed by atoms with Gasteiger partial charge in [-0.15, -0.1) is 0 Å². The standard InChI is InChI=1S/C13H11ClN4O/c14-11-3-1-10(2-4-11)13-16-12(19-17-13)5-7-18-8-6-15-9-18/h1-4,6,8-9H,5,7H2. The predicted octanol–water partition coefficient (Wildman–Crippen LogP) is 2.83. The van der Waals surface area contributed by atoms with Crippen molar-refractivity contribution in [2.24, 2.45) is 0 Å². The molecule has 0 bridgehead atoms. The van der Waals surface area contributed by atoms with Crippen molar-refractivity contribution in [3.8, 4) is 11.4 Å². The van der Waals surface area contributed by atoms with Crippen molar-refractivity contribution < 1.29 is 4.52 Å². The Kier molecular flexibility index (Phi) is 3.29. The Morgan fingerprint density at radius 3 is 2.79 bits per heavy atom. The molecule has 0 saturated carbocycles. The predicted molar refractivity (Wildman–Crippen MR) is 70.7 cm³/mol. The molecular formula is C13H11ClN4O. The molecule has 3 aromatic rings. The molecule has 0 saturated heterocycles. The molecule has 6 heteroatoms. The Hall–Kier alpha value is -2.14. The fourth-order valence-corrected chi connectivity index (χ4v) is 1.84. The molecule has 19 heavy (non-hydrogen) atoms. The number of hydrogen-bond donors (Lipinski definition) is 0. The number of rotatable bonds is 4. The smallest absolute Gasteiger partial charge is 0.228 e. The van der Waals surface area contributed by atoms with Gasteiger partial charge in [0.25, 0.3) is 0 Å². The van der Waals surface area contributed by atoms with Crippen LogP contribution in [-0.2, 0) is 13.0 Å². The van der Waals surface area contributed by atoms with Crippen molar-refractivity contribution >= 4 is 11.6 Å². The molecule has 2 heterocycles. The SMILES string of the molecule is Clc1ccc(-c2noc(CCn3ccnc3)n2)cc1. The molecule has 0 aliphatic heterocycles. The molecule has 3 rings (SSSR count). The number of nitrogens with zero attached hydrogens (tertiary/aromatic N) is 4. The van der Waals surface area contributed by atoms with Gasteiger partial charge in [-0.05, 0) is 24.3 Å². The van der Waals surface area contributed by atoms with Gasteiger partial charge in [-0.1, -0.05) is 16.8 Å². The Bertz CT molecular complexity index is 646. The van der Waals surface area contributed by atoms with E-state index in [2.05, 4.69) is 15.1 Å². The van der Waals surface area contributed by atoms with Crippen LogP contribution in [0, 0.1) is 0 Å². The summed E-state index contributed by atoms with van der Waals surface area (Å²) in [6.45, 7) is 0.766. The molecule has 0 unspecified atom stereocenters. The van der Waals surface area contributed by atoms with Crippen molar-refractivity contribution in [1.82, 2.24) is 19.7 Å². The zero-order valence-corrected chi connectivity index (χ0v) is 10.8. The summed E-state index contributed by atoms with van der Waals surface area (Å²) in [5.74, 6) is 1.19. The maximum absolute atomic E-state index is 5.84. The maximum atomic E-state index is 5.84. The van der Waals surface area contributed by atoms with Crippen LogP contribution in [0.1, 0.15) is 5.89 Å². The molecule has 96 valence electrons. The van der Waals surface area contributed by atoms with Gasteiger partial charge in [-0.2, -0.15) is 4.98 Å². The fourth-order valence-electron chi connectivity index (χ4n) is 1.72. The molecule has 0 spiro atoms. The van der Waals surface area contributed by atoms with Crippen molar-refractivity contribution in [2.45, 2.75) is 13.0 Å². The number of imidazole rings is 1. The molecule has 0 aliphatic carbocycles. The second-order valence-electron chi connectivity index (χ2n) is 4.07. The van der Waals surface area contributed by atoms with Crippen LogP contribution < -0.4 is 0 Å². The molecule has 0 atom stereocenters. The number of benzene rings is 1. The summed E-state index contributed by atoms with van der Waals surface area (Å²) in [5.41, 5.74) is 0.891. The first-order valence-corrected chi connectivity index (χ1v) is 6.23. The van der Waals surface area contributed by atoms with Crippen LogP contribution in [0.25, 0.3) is 11.4 Å². The van der Waals surface area contributed by atoms with Crippen LogP contribution in [-0.4, -0.2) is 19.7 Å². The minimum Gasteiger partial charge on any atom is -0.339 e. The molecule has 1 aromatic carbocycles. The third-order valence-corrected chi connectivity index (χ3v) is 2.97. The van der Waals surface area contributed by atoms with Crippen molar-refractivity contribution in [3.05, 3.63) is 53.9 Å². The zero-order valence-electron chi connectivity index (χ0n) is 10.0. The highest BCUT2D eigenvalue weighted by Crippen LogP contribution is 2.18. The van der Waals surface area contributed by atoms with Crippen LogP contribution in [0.3, 0.4) is 0 Å². The lowest BCUT2D eigenvalue weighted by molar-refractivity contribution is 0.372. The summed E-state index contributed by atoms with van der Waals surface area (Å²) >= 11 is 5.84. The minimum atomic E-state index is 0.581. The van der Waals surface area contributed by atoms with Crippen molar-refractivity contribution in [2.75, 3.05) is 0 Å². The van der Waals surface area contributed by atoms with Crippen LogP contribution in [0.5, 0.6) is 0 Å². The second kappa shape index (κ2) is 5.24. The average molecular weight is 275 g/mol. The third kappa shape index (κ3) is 2.82. The summed E-state index contributed by atoms with van der Waals surface area (Å²) in [5, 5.41) is 4.65. The maximum Gasteiger partial charge on any atom is 0.228 e. The van der Waals surface area contributed by atoms with E-state index in [1.54, 1.807) is 24.7 Å². The highest BCUT2D eigenvalue weighted by molar-refractivity contribution is 6.30. The third-order valence-electron chi connectivity index (χ3n) is 2.71. The topological polar surface area (TPSA) is 56.7 Å². The van der Waals surface area contributed by atoms with Gasteiger partial charge < -0.3 is 9.09 Å². The lowest BCUT2D eigenvalue weighted by Gasteiger charge is -1.96. The quantitative estimate of drug-likeness (QED) is 0.734. The molecule has 0 radical (unpaired) electrons. The van der Waals surface area contributed by atoms with Gasteiger partial charge in [0.15, 0.2) is 0 Å². The lowest BCUT2D eigenvalue weighted by Crippen LogP contribution is -1.98. The number of hydrogen-bond acceptors (Lipinski definition) is 4. The van der Waals surface area contributed by atoms with Crippen molar-refractivity contribution in [3.63, 3.8) is 0 Å². The van der Waals surface area contributed by atoms with Gasteiger partial charge in [0.1, 0.15) is 0 Å².